The van der Waals surface area contributed by atoms with Crippen LogP contribution < -0.4 is 10.5 Å². The Balaban J connectivity index is 2.93. The Morgan fingerprint density at radius 3 is 2.86 bits per heavy atom. The predicted octanol–water partition coefficient (Wildman–Crippen LogP) is 1.53. The lowest BCUT2D eigenvalue weighted by Gasteiger charge is -2.07. The van der Waals surface area contributed by atoms with Gasteiger partial charge in [0.25, 0.3) is 0 Å². The number of hydrogen-bond donors (Lipinski definition) is 1. The highest BCUT2D eigenvalue weighted by Crippen LogP contribution is 2.23. The van der Waals surface area contributed by atoms with Gasteiger partial charge in [0.1, 0.15) is 5.75 Å². The third-order valence-electron chi connectivity index (χ3n) is 1.86. The number of halogens is 1. The minimum Gasteiger partial charge on any atom is -0.496 e. The molecule has 0 amide bonds. The molecule has 0 spiro atoms. The number of ether oxygens (including phenoxy) is 1. The van der Waals surface area contributed by atoms with Crippen LogP contribution in [-0.2, 0) is 11.2 Å². The number of carbonyl (C=O) groups excluding carboxylic acids is 1. The second-order valence-corrected chi connectivity index (χ2v) is 3.79. The van der Waals surface area contributed by atoms with Crippen LogP contribution >= 0.6 is 15.9 Å². The van der Waals surface area contributed by atoms with Crippen molar-refractivity contribution in [3.63, 3.8) is 0 Å². The van der Waals surface area contributed by atoms with Gasteiger partial charge in [-0.2, -0.15) is 0 Å². The molecule has 0 aliphatic rings. The Hall–Kier alpha value is -0.870. The Morgan fingerprint density at radius 1 is 1.57 bits per heavy atom. The first-order valence-electron chi connectivity index (χ1n) is 4.21. The molecule has 2 N–H and O–H groups in total. The summed E-state index contributed by atoms with van der Waals surface area (Å²) in [4.78, 5) is 11.2. The van der Waals surface area contributed by atoms with Crippen LogP contribution in [0, 0.1) is 0 Å². The number of benzene rings is 1. The molecular formula is C10H12BrNO2. The lowest BCUT2D eigenvalue weighted by atomic mass is 10.1. The number of rotatable bonds is 4. The maximum atomic E-state index is 11.2. The highest BCUT2D eigenvalue weighted by atomic mass is 79.9. The van der Waals surface area contributed by atoms with E-state index in [0.717, 1.165) is 15.8 Å². The second-order valence-electron chi connectivity index (χ2n) is 2.88. The van der Waals surface area contributed by atoms with Crippen molar-refractivity contribution in [1.29, 1.82) is 0 Å². The number of ketones is 1. The fraction of sp³-hybridized carbons (Fsp3) is 0.300. The standard InChI is InChI=1S/C10H12BrNO2/c1-14-10-3-2-8(11)4-7(10)5-9(13)6-12/h2-4H,5-6,12H2,1H3. The van der Waals surface area contributed by atoms with E-state index in [-0.39, 0.29) is 12.3 Å². The molecule has 1 aromatic rings. The van der Waals surface area contributed by atoms with Gasteiger partial charge >= 0.3 is 0 Å². The van der Waals surface area contributed by atoms with E-state index in [0.29, 0.717) is 6.42 Å². The zero-order chi connectivity index (χ0) is 10.6. The molecule has 0 radical (unpaired) electrons. The quantitative estimate of drug-likeness (QED) is 0.890. The lowest BCUT2D eigenvalue weighted by Crippen LogP contribution is -2.16. The molecule has 0 bridgehead atoms. The van der Waals surface area contributed by atoms with Crippen molar-refractivity contribution in [1.82, 2.24) is 0 Å². The van der Waals surface area contributed by atoms with Crippen LogP contribution in [-0.4, -0.2) is 19.4 Å². The Kier molecular flexibility index (Phi) is 4.10. The first-order valence-corrected chi connectivity index (χ1v) is 5.01. The maximum Gasteiger partial charge on any atom is 0.150 e. The van der Waals surface area contributed by atoms with E-state index in [9.17, 15) is 4.79 Å². The first-order chi connectivity index (χ1) is 6.67. The largest absolute Gasteiger partial charge is 0.496 e. The Bertz CT molecular complexity index is 339. The molecule has 14 heavy (non-hydrogen) atoms. The summed E-state index contributed by atoms with van der Waals surface area (Å²) in [7, 11) is 1.58. The Morgan fingerprint density at radius 2 is 2.29 bits per heavy atom. The van der Waals surface area contributed by atoms with Crippen LogP contribution in [0.2, 0.25) is 0 Å². The number of carbonyl (C=O) groups is 1. The van der Waals surface area contributed by atoms with Crippen molar-refractivity contribution in [3.05, 3.63) is 28.2 Å². The van der Waals surface area contributed by atoms with Crippen molar-refractivity contribution in [2.24, 2.45) is 5.73 Å². The van der Waals surface area contributed by atoms with Gasteiger partial charge in [-0.25, -0.2) is 0 Å². The van der Waals surface area contributed by atoms with Crippen molar-refractivity contribution in [2.45, 2.75) is 6.42 Å². The van der Waals surface area contributed by atoms with Crippen molar-refractivity contribution >= 4 is 21.7 Å². The molecule has 0 heterocycles. The molecule has 0 atom stereocenters. The lowest BCUT2D eigenvalue weighted by molar-refractivity contribution is -0.117. The average molecular weight is 258 g/mol. The molecule has 0 aliphatic heterocycles. The number of hydrogen-bond acceptors (Lipinski definition) is 3. The van der Waals surface area contributed by atoms with Crippen molar-refractivity contribution in [2.75, 3.05) is 13.7 Å². The van der Waals surface area contributed by atoms with E-state index >= 15 is 0 Å². The maximum absolute atomic E-state index is 11.2. The summed E-state index contributed by atoms with van der Waals surface area (Å²) in [6, 6.07) is 5.56. The van der Waals surface area contributed by atoms with E-state index in [1.54, 1.807) is 7.11 Å². The van der Waals surface area contributed by atoms with Gasteiger partial charge in [-0.15, -0.1) is 0 Å². The second kappa shape index (κ2) is 5.12. The van der Waals surface area contributed by atoms with Gasteiger partial charge in [-0.3, -0.25) is 4.79 Å². The van der Waals surface area contributed by atoms with Gasteiger partial charge in [-0.1, -0.05) is 15.9 Å². The van der Waals surface area contributed by atoms with E-state index in [4.69, 9.17) is 10.5 Å². The van der Waals surface area contributed by atoms with Crippen LogP contribution in [0.4, 0.5) is 0 Å². The molecule has 0 aromatic heterocycles. The molecule has 3 nitrogen and oxygen atoms in total. The van der Waals surface area contributed by atoms with Gasteiger partial charge in [0, 0.05) is 16.5 Å². The van der Waals surface area contributed by atoms with Crippen LogP contribution in [0.3, 0.4) is 0 Å². The summed E-state index contributed by atoms with van der Waals surface area (Å²) in [5.74, 6) is 0.719. The predicted molar refractivity (Wildman–Crippen MR) is 58.5 cm³/mol. The van der Waals surface area contributed by atoms with Crippen molar-refractivity contribution < 1.29 is 9.53 Å². The summed E-state index contributed by atoms with van der Waals surface area (Å²) < 4.78 is 6.06. The smallest absolute Gasteiger partial charge is 0.150 e. The van der Waals surface area contributed by atoms with Crippen LogP contribution in [0.15, 0.2) is 22.7 Å². The van der Waals surface area contributed by atoms with Gasteiger partial charge in [0.15, 0.2) is 5.78 Å². The van der Waals surface area contributed by atoms with E-state index in [1.807, 2.05) is 18.2 Å². The Labute approximate surface area is 91.4 Å². The zero-order valence-corrected chi connectivity index (χ0v) is 9.50. The number of Topliss-reactive ketones (excluding diaryl/α,β-unsaturated/α-hetero) is 1. The fourth-order valence-corrected chi connectivity index (χ4v) is 1.58. The van der Waals surface area contributed by atoms with E-state index in [2.05, 4.69) is 15.9 Å². The van der Waals surface area contributed by atoms with Gasteiger partial charge in [0.2, 0.25) is 0 Å². The number of methoxy groups -OCH3 is 1. The molecule has 0 unspecified atom stereocenters. The molecular weight excluding hydrogens is 246 g/mol. The molecule has 4 heteroatoms. The average Bonchev–Trinajstić information content (AvgIpc) is 2.18. The highest BCUT2D eigenvalue weighted by Gasteiger charge is 2.07. The summed E-state index contributed by atoms with van der Waals surface area (Å²) in [6.07, 6.45) is 0.319. The van der Waals surface area contributed by atoms with Gasteiger partial charge < -0.3 is 10.5 Å². The van der Waals surface area contributed by atoms with Gasteiger partial charge in [0.05, 0.1) is 13.7 Å². The minimum atomic E-state index is 0.00130. The van der Waals surface area contributed by atoms with Gasteiger partial charge in [-0.05, 0) is 18.2 Å². The molecule has 76 valence electrons. The molecule has 1 aromatic carbocycles. The molecule has 1 rings (SSSR count). The topological polar surface area (TPSA) is 52.3 Å². The fourth-order valence-electron chi connectivity index (χ4n) is 1.17. The first kappa shape index (κ1) is 11.2. The van der Waals surface area contributed by atoms with Crippen LogP contribution in [0.1, 0.15) is 5.56 Å². The molecule has 0 saturated carbocycles. The molecule has 0 fully saturated rings. The molecule has 0 aliphatic carbocycles. The van der Waals surface area contributed by atoms with Crippen molar-refractivity contribution in [3.8, 4) is 5.75 Å². The van der Waals surface area contributed by atoms with Crippen LogP contribution in [0.5, 0.6) is 5.75 Å². The minimum absolute atomic E-state index is 0.00130. The summed E-state index contributed by atoms with van der Waals surface area (Å²) in [5.41, 5.74) is 6.11. The highest BCUT2D eigenvalue weighted by molar-refractivity contribution is 9.10. The molecule has 0 saturated heterocycles. The third-order valence-corrected chi connectivity index (χ3v) is 2.35. The summed E-state index contributed by atoms with van der Waals surface area (Å²) in [5, 5.41) is 0. The van der Waals surface area contributed by atoms with E-state index in [1.165, 1.54) is 0 Å². The SMILES string of the molecule is COc1ccc(Br)cc1CC(=O)CN. The number of nitrogens with two attached hydrogens (primary N) is 1. The monoisotopic (exact) mass is 257 g/mol. The summed E-state index contributed by atoms with van der Waals surface area (Å²) in [6.45, 7) is 0.0651. The summed E-state index contributed by atoms with van der Waals surface area (Å²) >= 11 is 3.34. The zero-order valence-electron chi connectivity index (χ0n) is 7.92. The normalized spacial score (nSPS) is 9.93. The van der Waals surface area contributed by atoms with Crippen LogP contribution in [0.25, 0.3) is 0 Å². The third kappa shape index (κ3) is 2.82. The van der Waals surface area contributed by atoms with E-state index < -0.39 is 0 Å².